The number of nitrogens with zero attached hydrogens (tertiary/aromatic N) is 3. The van der Waals surface area contributed by atoms with Crippen LogP contribution in [0.25, 0.3) is 0 Å². The normalized spacial score (nSPS) is 13.4. The molecule has 22 heavy (non-hydrogen) atoms. The molecule has 0 saturated heterocycles. The van der Waals surface area contributed by atoms with Gasteiger partial charge in [0, 0.05) is 25.0 Å². The Labute approximate surface area is 128 Å². The number of carbonyl (C=O) groups is 1. The quantitative estimate of drug-likeness (QED) is 0.798. The molecular formula is C15H18N6O. The van der Waals surface area contributed by atoms with Crippen molar-refractivity contribution in [1.29, 1.82) is 0 Å². The second kappa shape index (κ2) is 6.30. The second-order valence-corrected chi connectivity index (χ2v) is 5.04. The van der Waals surface area contributed by atoms with Crippen LogP contribution >= 0.6 is 0 Å². The third kappa shape index (κ3) is 3.43. The van der Waals surface area contributed by atoms with E-state index in [-0.39, 0.29) is 6.03 Å². The van der Waals surface area contributed by atoms with Gasteiger partial charge in [0.25, 0.3) is 0 Å². The zero-order valence-corrected chi connectivity index (χ0v) is 12.3. The molecule has 1 aromatic heterocycles. The van der Waals surface area contributed by atoms with E-state index < -0.39 is 0 Å². The predicted molar refractivity (Wildman–Crippen MR) is 85.0 cm³/mol. The molecule has 0 atom stereocenters. The molecule has 114 valence electrons. The second-order valence-electron chi connectivity index (χ2n) is 5.04. The molecule has 3 rings (SSSR count). The number of amides is 1. The summed E-state index contributed by atoms with van der Waals surface area (Å²) in [5.74, 6) is 0.801. The van der Waals surface area contributed by atoms with E-state index in [1.165, 1.54) is 4.68 Å². The van der Waals surface area contributed by atoms with Crippen LogP contribution in [0.4, 0.5) is 10.5 Å². The SMILES string of the molecule is Cc1ccn(C(=O)NCc2ccc(NC3=NCCN3)cc2)n1. The number of aliphatic imine (C=N–C) groups is 1. The Morgan fingerprint density at radius 1 is 1.32 bits per heavy atom. The first-order valence-electron chi connectivity index (χ1n) is 7.15. The lowest BCUT2D eigenvalue weighted by atomic mass is 10.2. The van der Waals surface area contributed by atoms with Gasteiger partial charge < -0.3 is 16.0 Å². The van der Waals surface area contributed by atoms with E-state index in [2.05, 4.69) is 26.0 Å². The van der Waals surface area contributed by atoms with Gasteiger partial charge in [0.15, 0.2) is 5.96 Å². The van der Waals surface area contributed by atoms with Crippen molar-refractivity contribution >= 4 is 17.7 Å². The highest BCUT2D eigenvalue weighted by Gasteiger charge is 2.06. The van der Waals surface area contributed by atoms with Crippen molar-refractivity contribution in [3.05, 3.63) is 47.8 Å². The lowest BCUT2D eigenvalue weighted by molar-refractivity contribution is 0.239. The van der Waals surface area contributed by atoms with Crippen LogP contribution in [0.1, 0.15) is 11.3 Å². The summed E-state index contributed by atoms with van der Waals surface area (Å²) in [6.45, 7) is 3.98. The molecule has 2 heterocycles. The molecule has 0 saturated carbocycles. The average Bonchev–Trinajstić information content (AvgIpc) is 3.18. The maximum atomic E-state index is 11.9. The maximum Gasteiger partial charge on any atom is 0.342 e. The predicted octanol–water partition coefficient (Wildman–Crippen LogP) is 1.32. The molecule has 7 nitrogen and oxygen atoms in total. The summed E-state index contributed by atoms with van der Waals surface area (Å²) in [7, 11) is 0. The molecule has 0 bridgehead atoms. The molecule has 0 spiro atoms. The van der Waals surface area contributed by atoms with Crippen LogP contribution < -0.4 is 16.0 Å². The summed E-state index contributed by atoms with van der Waals surface area (Å²) >= 11 is 0. The van der Waals surface area contributed by atoms with Crippen LogP contribution in [-0.2, 0) is 6.54 Å². The number of guanidine groups is 1. The highest BCUT2D eigenvalue weighted by molar-refractivity contribution is 5.94. The van der Waals surface area contributed by atoms with Crippen molar-refractivity contribution in [3.8, 4) is 0 Å². The first-order valence-corrected chi connectivity index (χ1v) is 7.15. The summed E-state index contributed by atoms with van der Waals surface area (Å²) in [5, 5.41) is 13.2. The largest absolute Gasteiger partial charge is 0.354 e. The highest BCUT2D eigenvalue weighted by Crippen LogP contribution is 2.10. The summed E-state index contributed by atoms with van der Waals surface area (Å²) in [4.78, 5) is 16.2. The molecule has 0 fully saturated rings. The third-order valence-corrected chi connectivity index (χ3v) is 3.27. The summed E-state index contributed by atoms with van der Waals surface area (Å²) in [6, 6.07) is 9.41. The van der Waals surface area contributed by atoms with E-state index in [1.54, 1.807) is 12.3 Å². The van der Waals surface area contributed by atoms with E-state index in [9.17, 15) is 4.79 Å². The first kappa shape index (κ1) is 14.1. The zero-order chi connectivity index (χ0) is 15.4. The average molecular weight is 298 g/mol. The lowest BCUT2D eigenvalue weighted by Gasteiger charge is -2.08. The number of hydrogen-bond donors (Lipinski definition) is 3. The monoisotopic (exact) mass is 298 g/mol. The minimum absolute atomic E-state index is 0.236. The number of benzene rings is 1. The van der Waals surface area contributed by atoms with Gasteiger partial charge in [-0.1, -0.05) is 12.1 Å². The van der Waals surface area contributed by atoms with Crippen molar-refractivity contribution in [3.63, 3.8) is 0 Å². The van der Waals surface area contributed by atoms with Gasteiger partial charge in [0.2, 0.25) is 0 Å². The fourth-order valence-corrected chi connectivity index (χ4v) is 2.11. The molecule has 0 unspecified atom stereocenters. The number of anilines is 1. The highest BCUT2D eigenvalue weighted by atomic mass is 16.2. The summed E-state index contributed by atoms with van der Waals surface area (Å²) in [6.07, 6.45) is 1.65. The van der Waals surface area contributed by atoms with Crippen LogP contribution in [0.3, 0.4) is 0 Å². The first-order chi connectivity index (χ1) is 10.7. The Kier molecular flexibility index (Phi) is 4.04. The zero-order valence-electron chi connectivity index (χ0n) is 12.3. The van der Waals surface area contributed by atoms with Gasteiger partial charge in [-0.3, -0.25) is 4.99 Å². The van der Waals surface area contributed by atoms with Gasteiger partial charge in [0.05, 0.1) is 12.2 Å². The standard InChI is InChI=1S/C15H18N6O/c1-11-6-9-21(20-11)15(22)18-10-12-2-4-13(5-3-12)19-14-16-7-8-17-14/h2-6,9H,7-8,10H2,1H3,(H,18,22)(H2,16,17,19). The molecule has 1 aliphatic heterocycles. The van der Waals surface area contributed by atoms with E-state index in [0.717, 1.165) is 36.0 Å². The van der Waals surface area contributed by atoms with Crippen molar-refractivity contribution in [2.24, 2.45) is 4.99 Å². The van der Waals surface area contributed by atoms with Crippen LogP contribution in [-0.4, -0.2) is 34.9 Å². The molecular weight excluding hydrogens is 280 g/mol. The molecule has 2 aromatic rings. The van der Waals surface area contributed by atoms with Gasteiger partial charge in [-0.15, -0.1) is 0 Å². The third-order valence-electron chi connectivity index (χ3n) is 3.27. The Morgan fingerprint density at radius 3 is 2.77 bits per heavy atom. The molecule has 0 radical (unpaired) electrons. The van der Waals surface area contributed by atoms with Crippen LogP contribution in [0.2, 0.25) is 0 Å². The Balaban J connectivity index is 1.53. The number of hydrogen-bond acceptors (Lipinski definition) is 5. The number of aryl methyl sites for hydroxylation is 1. The van der Waals surface area contributed by atoms with Gasteiger partial charge in [0.1, 0.15) is 0 Å². The Morgan fingerprint density at radius 2 is 2.14 bits per heavy atom. The summed E-state index contributed by atoms with van der Waals surface area (Å²) < 4.78 is 1.30. The van der Waals surface area contributed by atoms with Crippen LogP contribution in [0.15, 0.2) is 41.5 Å². The Hall–Kier alpha value is -2.83. The number of nitrogens with one attached hydrogen (secondary N) is 3. The van der Waals surface area contributed by atoms with E-state index in [4.69, 9.17) is 0 Å². The van der Waals surface area contributed by atoms with Crippen molar-refractivity contribution < 1.29 is 4.79 Å². The molecule has 1 amide bonds. The number of aromatic nitrogens is 2. The Bertz CT molecular complexity index is 688. The van der Waals surface area contributed by atoms with Gasteiger partial charge in [-0.2, -0.15) is 9.78 Å². The molecule has 1 aromatic carbocycles. The van der Waals surface area contributed by atoms with Gasteiger partial charge in [-0.25, -0.2) is 4.79 Å². The van der Waals surface area contributed by atoms with Crippen LogP contribution in [0, 0.1) is 6.92 Å². The van der Waals surface area contributed by atoms with Crippen LogP contribution in [0.5, 0.6) is 0 Å². The molecule has 3 N–H and O–H groups in total. The molecule has 1 aliphatic rings. The number of rotatable bonds is 3. The maximum absolute atomic E-state index is 11.9. The minimum atomic E-state index is -0.236. The number of carbonyl (C=O) groups excluding carboxylic acids is 1. The fourth-order valence-electron chi connectivity index (χ4n) is 2.11. The van der Waals surface area contributed by atoms with E-state index >= 15 is 0 Å². The lowest BCUT2D eigenvalue weighted by Crippen LogP contribution is -2.28. The van der Waals surface area contributed by atoms with Gasteiger partial charge >= 0.3 is 6.03 Å². The van der Waals surface area contributed by atoms with E-state index in [1.807, 2.05) is 31.2 Å². The minimum Gasteiger partial charge on any atom is -0.354 e. The summed E-state index contributed by atoms with van der Waals surface area (Å²) in [5.41, 5.74) is 2.80. The molecule has 0 aliphatic carbocycles. The fraction of sp³-hybridized carbons (Fsp3) is 0.267. The molecule has 7 heteroatoms. The van der Waals surface area contributed by atoms with Crippen molar-refractivity contribution in [2.75, 3.05) is 18.4 Å². The van der Waals surface area contributed by atoms with E-state index in [0.29, 0.717) is 6.54 Å². The van der Waals surface area contributed by atoms with Crippen molar-refractivity contribution in [1.82, 2.24) is 20.4 Å². The topological polar surface area (TPSA) is 83.3 Å². The smallest absolute Gasteiger partial charge is 0.342 e. The van der Waals surface area contributed by atoms with Crippen molar-refractivity contribution in [2.45, 2.75) is 13.5 Å². The van der Waals surface area contributed by atoms with Gasteiger partial charge in [-0.05, 0) is 30.7 Å².